The lowest BCUT2D eigenvalue weighted by Crippen LogP contribution is -2.59. The number of esters is 1. The van der Waals surface area contributed by atoms with Gasteiger partial charge in [-0.05, 0) is 19.3 Å². The van der Waals surface area contributed by atoms with E-state index in [1.165, 1.54) is 12.8 Å². The summed E-state index contributed by atoms with van der Waals surface area (Å²) in [5, 5.41) is 49.7. The van der Waals surface area contributed by atoms with Crippen molar-refractivity contribution < 1.29 is 49.3 Å². The molecule has 1 heterocycles. The molecular weight excluding hydrogens is 472 g/mol. The second kappa shape index (κ2) is 20.2. The predicted octanol–water partition coefficient (Wildman–Crippen LogP) is 2.16. The van der Waals surface area contributed by atoms with Crippen LogP contribution < -0.4 is 0 Å². The van der Waals surface area contributed by atoms with Gasteiger partial charge in [0.2, 0.25) is 0 Å². The maximum atomic E-state index is 12.2. The first-order chi connectivity index (χ1) is 17.3. The Morgan fingerprint density at radius 1 is 0.833 bits per heavy atom. The Kier molecular flexibility index (Phi) is 18.6. The summed E-state index contributed by atoms with van der Waals surface area (Å²) < 4.78 is 21.9. The summed E-state index contributed by atoms with van der Waals surface area (Å²) in [4.78, 5) is 12.2. The van der Waals surface area contributed by atoms with Crippen molar-refractivity contribution in [3.05, 3.63) is 0 Å². The van der Waals surface area contributed by atoms with Gasteiger partial charge in [0.1, 0.15) is 37.1 Å². The molecule has 1 aliphatic heterocycles. The topological polar surface area (TPSA) is 155 Å². The minimum Gasteiger partial charge on any atom is -0.463 e. The zero-order valence-corrected chi connectivity index (χ0v) is 22.1. The molecule has 1 aliphatic rings. The number of rotatable bonds is 21. The molecule has 1 fully saturated rings. The van der Waals surface area contributed by atoms with Gasteiger partial charge in [-0.15, -0.1) is 0 Å². The number of aliphatic hydroxyl groups excluding tert-OH is 5. The van der Waals surface area contributed by atoms with Gasteiger partial charge >= 0.3 is 5.97 Å². The highest BCUT2D eigenvalue weighted by atomic mass is 16.7. The van der Waals surface area contributed by atoms with Gasteiger partial charge in [-0.2, -0.15) is 0 Å². The van der Waals surface area contributed by atoms with Gasteiger partial charge in [-0.3, -0.25) is 4.79 Å². The Morgan fingerprint density at radius 2 is 1.44 bits per heavy atom. The van der Waals surface area contributed by atoms with Crippen LogP contribution >= 0.6 is 0 Å². The number of aliphatic hydroxyl groups is 5. The molecule has 10 heteroatoms. The molecule has 0 aliphatic carbocycles. The molecule has 1 rings (SSSR count). The minimum atomic E-state index is -1.57. The summed E-state index contributed by atoms with van der Waals surface area (Å²) in [5.74, 6) is -0.360. The van der Waals surface area contributed by atoms with Crippen molar-refractivity contribution >= 4 is 5.97 Å². The van der Waals surface area contributed by atoms with E-state index in [1.54, 1.807) is 0 Å². The van der Waals surface area contributed by atoms with Crippen molar-refractivity contribution in [1.82, 2.24) is 0 Å². The highest BCUT2D eigenvalue weighted by Gasteiger charge is 2.44. The van der Waals surface area contributed by atoms with Gasteiger partial charge in [-0.1, -0.05) is 71.6 Å². The van der Waals surface area contributed by atoms with Gasteiger partial charge in [0.25, 0.3) is 0 Å². The Labute approximate surface area is 215 Å². The molecule has 36 heavy (non-hydrogen) atoms. The van der Waals surface area contributed by atoms with Crippen LogP contribution in [-0.4, -0.2) is 94.4 Å². The SMILES string of the molecule is CCCCCCCCC(=O)OC[C@H](CO[C@@H]1O[C@H](CO)[C@H](O)[C@H](O)[C@H]1O)OC(O)CCCCCCC. The second-order valence-corrected chi connectivity index (χ2v) is 9.65. The fraction of sp³-hybridized carbons (Fsp3) is 0.962. The normalized spacial score (nSPS) is 26.0. The van der Waals surface area contributed by atoms with Gasteiger partial charge in [0.15, 0.2) is 12.6 Å². The van der Waals surface area contributed by atoms with Gasteiger partial charge in [0.05, 0.1) is 13.2 Å². The lowest BCUT2D eigenvalue weighted by molar-refractivity contribution is -0.308. The predicted molar refractivity (Wildman–Crippen MR) is 133 cm³/mol. The zero-order chi connectivity index (χ0) is 26.8. The van der Waals surface area contributed by atoms with E-state index in [9.17, 15) is 30.3 Å². The molecule has 0 amide bonds. The maximum Gasteiger partial charge on any atom is 0.305 e. The van der Waals surface area contributed by atoms with E-state index >= 15 is 0 Å². The summed E-state index contributed by atoms with van der Waals surface area (Å²) in [6.45, 7) is 3.35. The number of unbranched alkanes of at least 4 members (excludes halogenated alkanes) is 9. The van der Waals surface area contributed by atoms with E-state index < -0.39 is 49.7 Å². The second-order valence-electron chi connectivity index (χ2n) is 9.65. The molecule has 0 bridgehead atoms. The van der Waals surface area contributed by atoms with Crippen LogP contribution in [0.3, 0.4) is 0 Å². The monoisotopic (exact) mass is 522 g/mol. The fourth-order valence-electron chi connectivity index (χ4n) is 4.05. The Balaban J connectivity index is 2.55. The molecule has 10 nitrogen and oxygen atoms in total. The van der Waals surface area contributed by atoms with Crippen molar-refractivity contribution in [1.29, 1.82) is 0 Å². The third-order valence-electron chi connectivity index (χ3n) is 6.36. The molecule has 0 aromatic carbocycles. The number of hydrogen-bond acceptors (Lipinski definition) is 10. The molecule has 0 saturated carbocycles. The first-order valence-electron chi connectivity index (χ1n) is 13.7. The lowest BCUT2D eigenvalue weighted by Gasteiger charge is -2.40. The van der Waals surface area contributed by atoms with Crippen molar-refractivity contribution in [3.8, 4) is 0 Å². The van der Waals surface area contributed by atoms with Crippen LogP contribution in [0.2, 0.25) is 0 Å². The third kappa shape index (κ3) is 13.6. The van der Waals surface area contributed by atoms with E-state index in [2.05, 4.69) is 13.8 Å². The Morgan fingerprint density at radius 3 is 2.08 bits per heavy atom. The van der Waals surface area contributed by atoms with Crippen LogP contribution in [-0.2, 0) is 23.7 Å². The first-order valence-corrected chi connectivity index (χ1v) is 13.7. The van der Waals surface area contributed by atoms with Crippen molar-refractivity contribution in [2.24, 2.45) is 0 Å². The van der Waals surface area contributed by atoms with Crippen LogP contribution in [0.5, 0.6) is 0 Å². The molecule has 0 aromatic heterocycles. The summed E-state index contributed by atoms with van der Waals surface area (Å²) in [6, 6.07) is 0. The Bertz CT molecular complexity index is 547. The van der Waals surface area contributed by atoms with Crippen molar-refractivity contribution in [3.63, 3.8) is 0 Å². The molecule has 0 aromatic rings. The van der Waals surface area contributed by atoms with E-state index in [0.717, 1.165) is 57.8 Å². The molecule has 0 spiro atoms. The maximum absolute atomic E-state index is 12.2. The summed E-state index contributed by atoms with van der Waals surface area (Å²) in [6.07, 6.45) is 3.20. The number of carbonyl (C=O) groups excluding carboxylic acids is 1. The van der Waals surface area contributed by atoms with Crippen LogP contribution in [0, 0.1) is 0 Å². The van der Waals surface area contributed by atoms with Gasteiger partial charge in [-0.25, -0.2) is 0 Å². The molecule has 5 N–H and O–H groups in total. The zero-order valence-electron chi connectivity index (χ0n) is 22.1. The number of carbonyl (C=O) groups is 1. The Hall–Kier alpha value is -0.850. The van der Waals surface area contributed by atoms with Gasteiger partial charge < -0.3 is 44.5 Å². The van der Waals surface area contributed by atoms with Crippen molar-refractivity contribution in [2.45, 2.75) is 140 Å². The van der Waals surface area contributed by atoms with Crippen LogP contribution in [0.25, 0.3) is 0 Å². The first kappa shape index (κ1) is 33.2. The minimum absolute atomic E-state index is 0.154. The average Bonchev–Trinajstić information content (AvgIpc) is 2.87. The number of ether oxygens (including phenoxy) is 4. The highest BCUT2D eigenvalue weighted by molar-refractivity contribution is 5.69. The van der Waals surface area contributed by atoms with Crippen LogP contribution in [0.15, 0.2) is 0 Å². The standard InChI is InChI=1S/C26H50O10/c1-3-5-7-9-11-12-14-21(28)33-17-19(35-22(29)15-13-10-8-6-4-2)18-34-26-25(32)24(31)23(30)20(16-27)36-26/h19-20,22-27,29-32H,3-18H2,1-2H3/t19-,20-,22?,23+,24+,25-,26-/m1/s1. The quantitative estimate of drug-likeness (QED) is 0.0860. The van der Waals surface area contributed by atoms with Crippen LogP contribution in [0.4, 0.5) is 0 Å². The molecule has 214 valence electrons. The van der Waals surface area contributed by atoms with E-state index in [0.29, 0.717) is 12.8 Å². The molecule has 1 unspecified atom stereocenters. The summed E-state index contributed by atoms with van der Waals surface area (Å²) in [5.41, 5.74) is 0. The largest absolute Gasteiger partial charge is 0.463 e. The van der Waals surface area contributed by atoms with E-state index in [-0.39, 0.29) is 19.2 Å². The van der Waals surface area contributed by atoms with E-state index in [1.807, 2.05) is 0 Å². The number of hydrogen-bond donors (Lipinski definition) is 5. The third-order valence-corrected chi connectivity index (χ3v) is 6.36. The molecule has 0 radical (unpaired) electrons. The summed E-state index contributed by atoms with van der Waals surface area (Å²) in [7, 11) is 0. The highest BCUT2D eigenvalue weighted by Crippen LogP contribution is 2.22. The summed E-state index contributed by atoms with van der Waals surface area (Å²) >= 11 is 0. The van der Waals surface area contributed by atoms with Crippen molar-refractivity contribution in [2.75, 3.05) is 19.8 Å². The smallest absolute Gasteiger partial charge is 0.305 e. The molecule has 1 saturated heterocycles. The van der Waals surface area contributed by atoms with Crippen LogP contribution in [0.1, 0.15) is 97.3 Å². The fourth-order valence-corrected chi connectivity index (χ4v) is 4.05. The van der Waals surface area contributed by atoms with E-state index in [4.69, 9.17) is 18.9 Å². The van der Waals surface area contributed by atoms with Gasteiger partial charge in [0, 0.05) is 6.42 Å². The molecule has 7 atom stereocenters. The molecular formula is C26H50O10. The average molecular weight is 523 g/mol. The lowest BCUT2D eigenvalue weighted by atomic mass is 9.99.